The van der Waals surface area contributed by atoms with Crippen LogP contribution >= 0.6 is 43.5 Å². The average molecular weight is 553 g/mol. The molecule has 0 radical (unpaired) electrons. The number of carbonyl (C=O) groups is 3. The molecule has 0 unspecified atom stereocenters. The molecule has 2 aromatic rings. The van der Waals surface area contributed by atoms with Crippen molar-refractivity contribution < 1.29 is 14.4 Å². The predicted octanol–water partition coefficient (Wildman–Crippen LogP) is 4.87. The van der Waals surface area contributed by atoms with Crippen molar-refractivity contribution in [3.8, 4) is 0 Å². The van der Waals surface area contributed by atoms with Gasteiger partial charge in [-0.25, -0.2) is 4.90 Å². The topological polar surface area (TPSA) is 66.5 Å². The zero-order valence-electron chi connectivity index (χ0n) is 15.6. The number of halogens is 3. The highest BCUT2D eigenvalue weighted by atomic mass is 79.9. The highest BCUT2D eigenvalue weighted by Crippen LogP contribution is 2.60. The van der Waals surface area contributed by atoms with Gasteiger partial charge in [-0.15, -0.1) is 0 Å². The molecule has 2 aromatic carbocycles. The van der Waals surface area contributed by atoms with Crippen molar-refractivity contribution in [2.24, 2.45) is 23.7 Å². The quantitative estimate of drug-likeness (QED) is 0.436. The first kappa shape index (κ1) is 20.2. The van der Waals surface area contributed by atoms with Crippen molar-refractivity contribution in [1.82, 2.24) is 0 Å². The summed E-state index contributed by atoms with van der Waals surface area (Å²) in [4.78, 5) is 40.4. The Kier molecular flexibility index (Phi) is 5.03. The zero-order chi connectivity index (χ0) is 21.2. The minimum atomic E-state index is -0.281. The first-order valence-corrected chi connectivity index (χ1v) is 11.9. The van der Waals surface area contributed by atoms with E-state index in [9.17, 15) is 14.4 Å². The van der Waals surface area contributed by atoms with Gasteiger partial charge in [0.05, 0.1) is 28.2 Å². The molecule has 0 aromatic heterocycles. The molecule has 154 valence electrons. The smallest absolute Gasteiger partial charge is 0.255 e. The van der Waals surface area contributed by atoms with Crippen molar-refractivity contribution in [2.45, 2.75) is 16.1 Å². The first-order valence-electron chi connectivity index (χ1n) is 9.70. The zero-order valence-corrected chi connectivity index (χ0v) is 19.5. The number of hydrogen-bond acceptors (Lipinski definition) is 3. The van der Waals surface area contributed by atoms with Crippen molar-refractivity contribution in [3.63, 3.8) is 0 Å². The number of benzene rings is 2. The Labute approximate surface area is 195 Å². The van der Waals surface area contributed by atoms with Gasteiger partial charge >= 0.3 is 0 Å². The van der Waals surface area contributed by atoms with Gasteiger partial charge in [-0.05, 0) is 48.6 Å². The summed E-state index contributed by atoms with van der Waals surface area (Å²) in [5.74, 6) is -0.835. The fourth-order valence-corrected chi connectivity index (χ4v) is 7.23. The minimum Gasteiger partial charge on any atom is -0.321 e. The van der Waals surface area contributed by atoms with Crippen LogP contribution in [-0.2, 0) is 9.59 Å². The van der Waals surface area contributed by atoms with E-state index in [1.54, 1.807) is 42.5 Å². The van der Waals surface area contributed by atoms with Gasteiger partial charge in [0.25, 0.3) is 5.91 Å². The molecule has 3 aliphatic rings. The second-order valence-corrected chi connectivity index (χ2v) is 10.5. The molecule has 1 N–H and O–H groups in total. The van der Waals surface area contributed by atoms with Gasteiger partial charge in [0.1, 0.15) is 0 Å². The number of nitrogens with one attached hydrogen (secondary N) is 1. The lowest BCUT2D eigenvalue weighted by atomic mass is 9.81. The number of imide groups is 1. The lowest BCUT2D eigenvalue weighted by Gasteiger charge is -2.28. The highest BCUT2D eigenvalue weighted by Gasteiger charge is 2.66. The average Bonchev–Trinajstić information content (AvgIpc) is 3.35. The van der Waals surface area contributed by atoms with Crippen LogP contribution in [0, 0.1) is 23.7 Å². The van der Waals surface area contributed by atoms with E-state index in [0.29, 0.717) is 16.9 Å². The van der Waals surface area contributed by atoms with Crippen LogP contribution in [0.1, 0.15) is 16.8 Å². The third-order valence-electron chi connectivity index (χ3n) is 6.48. The second kappa shape index (κ2) is 7.46. The fourth-order valence-electron chi connectivity index (χ4n) is 5.13. The van der Waals surface area contributed by atoms with Crippen LogP contribution in [0.3, 0.4) is 0 Å². The summed E-state index contributed by atoms with van der Waals surface area (Å²) < 4.78 is 0. The SMILES string of the molecule is O=C(Nc1ccc(N2C(=O)[C@@H]3[C@H]4C[C@@H]([C@H](Br)[C@@H]4Br)[C@@H]3C2=O)cc1Cl)c1ccccc1. The van der Waals surface area contributed by atoms with Gasteiger partial charge < -0.3 is 5.32 Å². The third kappa shape index (κ3) is 2.97. The number of nitrogens with zero attached hydrogens (tertiary/aromatic N) is 1. The summed E-state index contributed by atoms with van der Waals surface area (Å²) in [5.41, 5.74) is 1.38. The van der Waals surface area contributed by atoms with Crippen molar-refractivity contribution in [3.05, 3.63) is 59.1 Å². The summed E-state index contributed by atoms with van der Waals surface area (Å²) in [6.07, 6.45) is 0.887. The molecule has 2 saturated carbocycles. The summed E-state index contributed by atoms with van der Waals surface area (Å²) in [5, 5.41) is 3.04. The lowest BCUT2D eigenvalue weighted by Crippen LogP contribution is -2.37. The maximum atomic E-state index is 13.2. The fraction of sp³-hybridized carbons (Fsp3) is 0.318. The van der Waals surface area contributed by atoms with E-state index < -0.39 is 0 Å². The van der Waals surface area contributed by atoms with E-state index in [4.69, 9.17) is 11.6 Å². The number of rotatable bonds is 3. The summed E-state index contributed by atoms with van der Waals surface area (Å²) in [6, 6.07) is 13.7. The third-order valence-corrected chi connectivity index (χ3v) is 10.0. The Morgan fingerprint density at radius 2 is 1.57 bits per heavy atom. The standard InChI is InChI=1S/C22H17Br2ClN2O3/c23-18-12-9-13(19(18)24)17-16(12)21(29)27(22(17)30)11-6-7-15(14(25)8-11)26-20(28)10-4-2-1-3-5-10/h1-8,12-13,16-19H,9H2,(H,26,28)/t12-,13-,16-,17+,18-,19+/m1/s1. The minimum absolute atomic E-state index is 0.154. The molecule has 3 fully saturated rings. The molecule has 5 rings (SSSR count). The number of anilines is 2. The van der Waals surface area contributed by atoms with Crippen LogP contribution in [0.2, 0.25) is 5.02 Å². The Balaban J connectivity index is 1.39. The summed E-state index contributed by atoms with van der Waals surface area (Å²) in [6.45, 7) is 0. The molecule has 0 spiro atoms. The maximum absolute atomic E-state index is 13.2. The van der Waals surface area contributed by atoms with Crippen LogP contribution in [0.4, 0.5) is 11.4 Å². The van der Waals surface area contributed by atoms with Crippen molar-refractivity contribution in [2.75, 3.05) is 10.2 Å². The van der Waals surface area contributed by atoms with Crippen LogP contribution in [0.15, 0.2) is 48.5 Å². The molecule has 1 heterocycles. The van der Waals surface area contributed by atoms with Gasteiger partial charge in [-0.3, -0.25) is 14.4 Å². The molecule has 1 saturated heterocycles. The summed E-state index contributed by atoms with van der Waals surface area (Å²) >= 11 is 13.8. The molecule has 5 nitrogen and oxygen atoms in total. The van der Waals surface area contributed by atoms with E-state index in [1.165, 1.54) is 4.90 Å². The van der Waals surface area contributed by atoms with E-state index in [2.05, 4.69) is 37.2 Å². The Hall–Kier alpha value is -1.70. The molecule has 3 amide bonds. The molecule has 1 aliphatic heterocycles. The number of fused-ring (bicyclic) bond motifs is 5. The molecule has 2 aliphatic carbocycles. The number of alkyl halides is 2. The van der Waals surface area contributed by atoms with Crippen LogP contribution in [-0.4, -0.2) is 27.4 Å². The van der Waals surface area contributed by atoms with E-state index >= 15 is 0 Å². The largest absolute Gasteiger partial charge is 0.321 e. The first-order chi connectivity index (χ1) is 14.4. The van der Waals surface area contributed by atoms with Crippen LogP contribution < -0.4 is 10.2 Å². The second-order valence-electron chi connectivity index (χ2n) is 8.00. The molecule has 30 heavy (non-hydrogen) atoms. The molecule has 8 heteroatoms. The Morgan fingerprint density at radius 3 is 2.13 bits per heavy atom. The highest BCUT2D eigenvalue weighted by molar-refractivity contribution is 9.12. The Morgan fingerprint density at radius 1 is 0.967 bits per heavy atom. The lowest BCUT2D eigenvalue weighted by molar-refractivity contribution is -0.123. The number of carbonyl (C=O) groups excluding carboxylic acids is 3. The Bertz CT molecular complexity index is 1030. The maximum Gasteiger partial charge on any atom is 0.255 e. The molecular weight excluding hydrogens is 536 g/mol. The van der Waals surface area contributed by atoms with Gasteiger partial charge in [-0.2, -0.15) is 0 Å². The number of hydrogen-bond donors (Lipinski definition) is 1. The van der Waals surface area contributed by atoms with Gasteiger partial charge in [-0.1, -0.05) is 61.7 Å². The van der Waals surface area contributed by atoms with Crippen molar-refractivity contribution in [1.29, 1.82) is 0 Å². The molecule has 6 atom stereocenters. The van der Waals surface area contributed by atoms with E-state index in [0.717, 1.165) is 6.42 Å². The predicted molar refractivity (Wildman–Crippen MR) is 122 cm³/mol. The van der Waals surface area contributed by atoms with Crippen molar-refractivity contribution >= 4 is 72.6 Å². The van der Waals surface area contributed by atoms with Gasteiger partial charge in [0.2, 0.25) is 11.8 Å². The monoisotopic (exact) mass is 550 g/mol. The van der Waals surface area contributed by atoms with E-state index in [1.807, 2.05) is 6.07 Å². The van der Waals surface area contributed by atoms with Gasteiger partial charge in [0, 0.05) is 15.2 Å². The van der Waals surface area contributed by atoms with Crippen LogP contribution in [0.5, 0.6) is 0 Å². The van der Waals surface area contributed by atoms with Gasteiger partial charge in [0.15, 0.2) is 0 Å². The molecular formula is C22H17Br2ClN2O3. The summed E-state index contributed by atoms with van der Waals surface area (Å²) in [7, 11) is 0. The number of amides is 3. The molecule has 2 bridgehead atoms. The van der Waals surface area contributed by atoms with E-state index in [-0.39, 0.29) is 56.1 Å². The van der Waals surface area contributed by atoms with Crippen LogP contribution in [0.25, 0.3) is 0 Å². The normalized spacial score (nSPS) is 31.9.